The van der Waals surface area contributed by atoms with Crippen LogP contribution in [0, 0.1) is 5.92 Å². The monoisotopic (exact) mass is 286 g/mol. The summed E-state index contributed by atoms with van der Waals surface area (Å²) in [6.45, 7) is 6.08. The minimum atomic E-state index is 0.615. The predicted octanol–water partition coefficient (Wildman–Crippen LogP) is 3.63. The van der Waals surface area contributed by atoms with E-state index >= 15 is 0 Å². The van der Waals surface area contributed by atoms with Gasteiger partial charge in [0.05, 0.1) is 7.11 Å². The van der Waals surface area contributed by atoms with Gasteiger partial charge in [0.25, 0.3) is 0 Å². The lowest BCUT2D eigenvalue weighted by Gasteiger charge is -2.12. The Morgan fingerprint density at radius 2 is 1.95 bits per heavy atom. The Morgan fingerprint density at radius 3 is 2.71 bits per heavy atom. The van der Waals surface area contributed by atoms with E-state index in [1.165, 1.54) is 0 Å². The molecule has 0 bridgehead atoms. The van der Waals surface area contributed by atoms with Gasteiger partial charge in [0, 0.05) is 24.4 Å². The highest BCUT2D eigenvalue weighted by molar-refractivity contribution is 5.37. The molecule has 0 spiro atoms. The van der Waals surface area contributed by atoms with E-state index in [2.05, 4.69) is 24.1 Å². The molecule has 112 valence electrons. The van der Waals surface area contributed by atoms with E-state index in [-0.39, 0.29) is 0 Å². The van der Waals surface area contributed by atoms with Gasteiger partial charge < -0.3 is 14.8 Å². The first-order valence-corrected chi connectivity index (χ1v) is 7.15. The SMILES string of the molecule is COc1cccc(Oc2ncccc2CNCC(C)C)c1. The second-order valence-corrected chi connectivity index (χ2v) is 5.27. The Morgan fingerprint density at radius 1 is 1.14 bits per heavy atom. The molecule has 0 atom stereocenters. The molecule has 1 N–H and O–H groups in total. The zero-order valence-corrected chi connectivity index (χ0v) is 12.8. The summed E-state index contributed by atoms with van der Waals surface area (Å²) in [5.74, 6) is 2.73. The number of nitrogens with one attached hydrogen (secondary N) is 1. The average Bonchev–Trinajstić information content (AvgIpc) is 2.49. The van der Waals surface area contributed by atoms with Gasteiger partial charge in [0.2, 0.25) is 5.88 Å². The molecule has 2 aromatic rings. The van der Waals surface area contributed by atoms with Crippen LogP contribution in [-0.4, -0.2) is 18.6 Å². The van der Waals surface area contributed by atoms with E-state index in [1.54, 1.807) is 13.3 Å². The highest BCUT2D eigenvalue weighted by Crippen LogP contribution is 2.26. The number of aromatic nitrogens is 1. The maximum atomic E-state index is 5.88. The normalized spacial score (nSPS) is 10.7. The molecule has 0 fully saturated rings. The van der Waals surface area contributed by atoms with Crippen molar-refractivity contribution in [1.29, 1.82) is 0 Å². The first-order chi connectivity index (χ1) is 10.2. The third kappa shape index (κ3) is 4.76. The van der Waals surface area contributed by atoms with E-state index < -0.39 is 0 Å². The van der Waals surface area contributed by atoms with Crippen LogP contribution in [0.4, 0.5) is 0 Å². The number of benzene rings is 1. The summed E-state index contributed by atoms with van der Waals surface area (Å²) in [5, 5.41) is 3.41. The van der Waals surface area contributed by atoms with Crippen LogP contribution < -0.4 is 14.8 Å². The molecule has 4 heteroatoms. The van der Waals surface area contributed by atoms with Crippen molar-refractivity contribution in [3.63, 3.8) is 0 Å². The second-order valence-electron chi connectivity index (χ2n) is 5.27. The van der Waals surface area contributed by atoms with Crippen LogP contribution in [0.2, 0.25) is 0 Å². The molecule has 1 aromatic heterocycles. The van der Waals surface area contributed by atoms with Crippen LogP contribution in [0.15, 0.2) is 42.6 Å². The van der Waals surface area contributed by atoms with Gasteiger partial charge in [0.1, 0.15) is 11.5 Å². The summed E-state index contributed by atoms with van der Waals surface area (Å²) in [6, 6.07) is 11.5. The Balaban J connectivity index is 2.08. The minimum Gasteiger partial charge on any atom is -0.497 e. The molecular formula is C17H22N2O2. The van der Waals surface area contributed by atoms with Crippen LogP contribution in [0.3, 0.4) is 0 Å². The summed E-state index contributed by atoms with van der Waals surface area (Å²) in [7, 11) is 1.64. The van der Waals surface area contributed by atoms with Crippen molar-refractivity contribution in [2.45, 2.75) is 20.4 Å². The Kier molecular flexibility index (Phi) is 5.58. The minimum absolute atomic E-state index is 0.615. The highest BCUT2D eigenvalue weighted by Gasteiger charge is 2.07. The molecule has 0 aliphatic rings. The standard InChI is InChI=1S/C17H22N2O2/c1-13(2)11-18-12-14-6-5-9-19-17(14)21-16-8-4-7-15(10-16)20-3/h4-10,13,18H,11-12H2,1-3H3. The molecule has 0 unspecified atom stereocenters. The summed E-state index contributed by atoms with van der Waals surface area (Å²) in [4.78, 5) is 4.32. The zero-order valence-electron chi connectivity index (χ0n) is 12.8. The third-order valence-electron chi connectivity index (χ3n) is 2.97. The molecular weight excluding hydrogens is 264 g/mol. The molecule has 0 aliphatic carbocycles. The molecule has 0 amide bonds. The number of hydrogen-bond donors (Lipinski definition) is 1. The fraction of sp³-hybridized carbons (Fsp3) is 0.353. The largest absolute Gasteiger partial charge is 0.497 e. The van der Waals surface area contributed by atoms with E-state index in [0.717, 1.165) is 30.2 Å². The van der Waals surface area contributed by atoms with Crippen molar-refractivity contribution in [1.82, 2.24) is 10.3 Å². The zero-order chi connectivity index (χ0) is 15.1. The summed E-state index contributed by atoms with van der Waals surface area (Å²) in [6.07, 6.45) is 1.74. The lowest BCUT2D eigenvalue weighted by atomic mass is 10.2. The summed E-state index contributed by atoms with van der Waals surface area (Å²) in [5.41, 5.74) is 1.04. The van der Waals surface area contributed by atoms with Crippen LogP contribution in [0.5, 0.6) is 17.4 Å². The average molecular weight is 286 g/mol. The molecule has 4 nitrogen and oxygen atoms in total. The van der Waals surface area contributed by atoms with Gasteiger partial charge in [-0.05, 0) is 30.7 Å². The molecule has 1 aromatic carbocycles. The molecule has 0 aliphatic heterocycles. The highest BCUT2D eigenvalue weighted by atomic mass is 16.5. The summed E-state index contributed by atoms with van der Waals surface area (Å²) >= 11 is 0. The van der Waals surface area contributed by atoms with Gasteiger partial charge in [-0.2, -0.15) is 0 Å². The van der Waals surface area contributed by atoms with Gasteiger partial charge in [0.15, 0.2) is 0 Å². The number of pyridine rings is 1. The maximum Gasteiger partial charge on any atom is 0.223 e. The molecule has 1 heterocycles. The first-order valence-electron chi connectivity index (χ1n) is 7.15. The number of ether oxygens (including phenoxy) is 2. The van der Waals surface area contributed by atoms with E-state index in [0.29, 0.717) is 11.8 Å². The third-order valence-corrected chi connectivity index (χ3v) is 2.97. The van der Waals surface area contributed by atoms with Gasteiger partial charge in [-0.1, -0.05) is 26.0 Å². The van der Waals surface area contributed by atoms with Gasteiger partial charge >= 0.3 is 0 Å². The fourth-order valence-electron chi connectivity index (χ4n) is 1.92. The quantitative estimate of drug-likeness (QED) is 0.844. The Hall–Kier alpha value is -2.07. The van der Waals surface area contributed by atoms with Crippen LogP contribution in [0.25, 0.3) is 0 Å². The fourth-order valence-corrected chi connectivity index (χ4v) is 1.92. The number of methoxy groups -OCH3 is 1. The van der Waals surface area contributed by atoms with Gasteiger partial charge in [-0.15, -0.1) is 0 Å². The molecule has 2 rings (SSSR count). The molecule has 21 heavy (non-hydrogen) atoms. The van der Waals surface area contributed by atoms with Crippen molar-refractivity contribution in [2.24, 2.45) is 5.92 Å². The maximum absolute atomic E-state index is 5.88. The second kappa shape index (κ2) is 7.64. The Bertz CT molecular complexity index is 570. The molecule has 0 saturated carbocycles. The van der Waals surface area contributed by atoms with Crippen LogP contribution >= 0.6 is 0 Å². The van der Waals surface area contributed by atoms with Crippen molar-refractivity contribution in [3.05, 3.63) is 48.2 Å². The van der Waals surface area contributed by atoms with Crippen LogP contribution in [-0.2, 0) is 6.54 Å². The lowest BCUT2D eigenvalue weighted by molar-refractivity contribution is 0.406. The molecule has 0 radical (unpaired) electrons. The smallest absolute Gasteiger partial charge is 0.223 e. The van der Waals surface area contributed by atoms with E-state index in [4.69, 9.17) is 9.47 Å². The molecule has 0 saturated heterocycles. The topological polar surface area (TPSA) is 43.4 Å². The number of rotatable bonds is 7. The van der Waals surface area contributed by atoms with Crippen molar-refractivity contribution < 1.29 is 9.47 Å². The van der Waals surface area contributed by atoms with Gasteiger partial charge in [-0.3, -0.25) is 0 Å². The Labute approximate surface area is 126 Å². The number of nitrogens with zero attached hydrogens (tertiary/aromatic N) is 1. The van der Waals surface area contributed by atoms with Gasteiger partial charge in [-0.25, -0.2) is 4.98 Å². The van der Waals surface area contributed by atoms with Crippen LogP contribution in [0.1, 0.15) is 19.4 Å². The van der Waals surface area contributed by atoms with E-state index in [1.807, 2.05) is 36.4 Å². The van der Waals surface area contributed by atoms with Crippen molar-refractivity contribution >= 4 is 0 Å². The number of hydrogen-bond acceptors (Lipinski definition) is 4. The summed E-state index contributed by atoms with van der Waals surface area (Å²) < 4.78 is 11.1. The van der Waals surface area contributed by atoms with Crippen molar-refractivity contribution in [2.75, 3.05) is 13.7 Å². The van der Waals surface area contributed by atoms with Crippen molar-refractivity contribution in [3.8, 4) is 17.4 Å². The predicted molar refractivity (Wildman–Crippen MR) is 83.8 cm³/mol. The first kappa shape index (κ1) is 15.3. The lowest BCUT2D eigenvalue weighted by Crippen LogP contribution is -2.19. The van der Waals surface area contributed by atoms with E-state index in [9.17, 15) is 0 Å².